The van der Waals surface area contributed by atoms with Gasteiger partial charge < -0.3 is 0 Å². The van der Waals surface area contributed by atoms with Gasteiger partial charge in [0.25, 0.3) is 0 Å². The summed E-state index contributed by atoms with van der Waals surface area (Å²) in [5, 5.41) is 2.57. The summed E-state index contributed by atoms with van der Waals surface area (Å²) in [7, 11) is 0. The molecular formula is C60H40N2S. The Morgan fingerprint density at radius 1 is 0.333 bits per heavy atom. The highest BCUT2D eigenvalue weighted by atomic mass is 32.1. The van der Waals surface area contributed by atoms with E-state index in [4.69, 9.17) is 9.97 Å². The monoisotopic (exact) mass is 820 g/mol. The molecule has 1 aliphatic carbocycles. The van der Waals surface area contributed by atoms with Gasteiger partial charge in [0.1, 0.15) is 0 Å². The van der Waals surface area contributed by atoms with E-state index in [0.717, 1.165) is 39.2 Å². The highest BCUT2D eigenvalue weighted by Crippen LogP contribution is 2.53. The molecule has 0 bridgehead atoms. The van der Waals surface area contributed by atoms with E-state index in [9.17, 15) is 0 Å². The van der Waals surface area contributed by atoms with E-state index in [1.807, 2.05) is 17.4 Å². The van der Waals surface area contributed by atoms with Gasteiger partial charge in [0, 0.05) is 42.3 Å². The molecule has 0 aliphatic heterocycles. The zero-order valence-electron chi connectivity index (χ0n) is 34.7. The highest BCUT2D eigenvalue weighted by Gasteiger charge is 2.40. The van der Waals surface area contributed by atoms with Gasteiger partial charge in [0.05, 0.1) is 11.4 Å². The van der Waals surface area contributed by atoms with Gasteiger partial charge in [0.15, 0.2) is 5.82 Å². The second kappa shape index (κ2) is 15.0. The van der Waals surface area contributed by atoms with Crippen LogP contribution in [0.3, 0.4) is 0 Å². The minimum absolute atomic E-state index is 0.328. The molecule has 2 nitrogen and oxygen atoms in total. The van der Waals surface area contributed by atoms with Crippen LogP contribution in [0.2, 0.25) is 0 Å². The predicted octanol–water partition coefficient (Wildman–Crippen LogP) is 16.2. The van der Waals surface area contributed by atoms with Crippen molar-refractivity contribution >= 4 is 31.5 Å². The van der Waals surface area contributed by atoms with Gasteiger partial charge in [-0.15, -0.1) is 11.3 Å². The van der Waals surface area contributed by atoms with Crippen molar-refractivity contribution in [2.45, 2.75) is 12.3 Å². The van der Waals surface area contributed by atoms with Crippen molar-refractivity contribution in [2.24, 2.45) is 0 Å². The Morgan fingerprint density at radius 2 is 0.889 bits per heavy atom. The van der Waals surface area contributed by atoms with Crippen LogP contribution in [-0.2, 0) is 5.41 Å². The normalized spacial score (nSPS) is 14.2. The van der Waals surface area contributed by atoms with Crippen LogP contribution in [0.1, 0.15) is 23.6 Å². The van der Waals surface area contributed by atoms with E-state index in [1.54, 1.807) is 0 Å². The van der Waals surface area contributed by atoms with Crippen LogP contribution in [0.25, 0.3) is 98.6 Å². The molecule has 3 heteroatoms. The summed E-state index contributed by atoms with van der Waals surface area (Å²) in [6.07, 6.45) is 0. The van der Waals surface area contributed by atoms with E-state index >= 15 is 0 Å². The van der Waals surface area contributed by atoms with Crippen molar-refractivity contribution in [3.8, 4) is 78.4 Å². The lowest BCUT2D eigenvalue weighted by Gasteiger charge is -2.28. The van der Waals surface area contributed by atoms with E-state index < -0.39 is 0 Å². The molecule has 0 saturated heterocycles. The number of aromatic nitrogens is 2. The summed E-state index contributed by atoms with van der Waals surface area (Å²) in [5.74, 6) is 0.695. The van der Waals surface area contributed by atoms with E-state index in [2.05, 4.69) is 225 Å². The second-order valence-electron chi connectivity index (χ2n) is 16.6. The van der Waals surface area contributed by atoms with Crippen LogP contribution >= 0.6 is 11.3 Å². The average molecular weight is 821 g/mol. The molecule has 63 heavy (non-hydrogen) atoms. The number of rotatable bonds is 7. The van der Waals surface area contributed by atoms with Crippen LogP contribution in [0.4, 0.5) is 0 Å². The lowest BCUT2D eigenvalue weighted by atomic mass is 9.74. The summed E-state index contributed by atoms with van der Waals surface area (Å²) in [6, 6.07) is 81.3. The first-order valence-corrected chi connectivity index (χ1v) is 22.4. The Balaban J connectivity index is 1.08. The van der Waals surface area contributed by atoms with Crippen molar-refractivity contribution in [1.82, 2.24) is 9.97 Å². The maximum absolute atomic E-state index is 5.40. The molecule has 1 unspecified atom stereocenters. The summed E-state index contributed by atoms with van der Waals surface area (Å²) in [5.41, 5.74) is 17.9. The fourth-order valence-corrected chi connectivity index (χ4v) is 10.9. The minimum Gasteiger partial charge on any atom is -0.228 e. The maximum atomic E-state index is 5.40. The molecule has 0 amide bonds. The molecule has 0 N–H and O–H groups in total. The van der Waals surface area contributed by atoms with Crippen molar-refractivity contribution < 1.29 is 0 Å². The van der Waals surface area contributed by atoms with Gasteiger partial charge in [-0.3, -0.25) is 0 Å². The fraction of sp³-hybridized carbons (Fsp3) is 0.0333. The Morgan fingerprint density at radius 3 is 1.67 bits per heavy atom. The molecular weight excluding hydrogens is 781 g/mol. The Kier molecular flexibility index (Phi) is 8.84. The van der Waals surface area contributed by atoms with Gasteiger partial charge in [-0.25, -0.2) is 9.97 Å². The second-order valence-corrected chi connectivity index (χ2v) is 17.7. The third-order valence-electron chi connectivity index (χ3n) is 13.0. The van der Waals surface area contributed by atoms with E-state index in [0.29, 0.717) is 5.82 Å². The Bertz CT molecular complexity index is 3520. The first-order chi connectivity index (χ1) is 31.1. The molecule has 1 atom stereocenters. The zero-order valence-corrected chi connectivity index (χ0v) is 35.5. The first kappa shape index (κ1) is 37.1. The molecule has 0 radical (unpaired) electrons. The van der Waals surface area contributed by atoms with Gasteiger partial charge in [-0.05, 0) is 117 Å². The molecule has 2 heterocycles. The average Bonchev–Trinajstić information content (AvgIpc) is 3.87. The van der Waals surface area contributed by atoms with Crippen molar-refractivity contribution in [1.29, 1.82) is 0 Å². The number of thiophene rings is 1. The summed E-state index contributed by atoms with van der Waals surface area (Å²) in [6.45, 7) is 2.37. The lowest BCUT2D eigenvalue weighted by Crippen LogP contribution is -2.22. The third-order valence-corrected chi connectivity index (χ3v) is 14.1. The first-order valence-electron chi connectivity index (χ1n) is 21.6. The molecule has 2 aromatic heterocycles. The van der Waals surface area contributed by atoms with Crippen LogP contribution < -0.4 is 0 Å². The largest absolute Gasteiger partial charge is 0.228 e. The molecule has 0 saturated carbocycles. The van der Waals surface area contributed by atoms with Crippen LogP contribution in [-0.4, -0.2) is 9.97 Å². The highest BCUT2D eigenvalue weighted by molar-refractivity contribution is 7.25. The smallest absolute Gasteiger partial charge is 0.160 e. The Hall–Kier alpha value is -7.72. The van der Waals surface area contributed by atoms with Gasteiger partial charge in [0.2, 0.25) is 0 Å². The van der Waals surface area contributed by atoms with E-state index in [-0.39, 0.29) is 5.41 Å². The SMILES string of the molecule is CC1(c2ccccc2)c2ccccc2-c2ccc(-c3cc(-c4cc(-c5ccc6sc7ccccc7c6c5)cc(-c5ccccc5-c5ccccc5)c4)nc(-c4ccccc4)n3)cc21. The number of hydrogen-bond acceptors (Lipinski definition) is 3. The fourth-order valence-electron chi connectivity index (χ4n) is 9.80. The van der Waals surface area contributed by atoms with Gasteiger partial charge in [-0.2, -0.15) is 0 Å². The maximum Gasteiger partial charge on any atom is 0.160 e. The number of nitrogens with zero attached hydrogens (tertiary/aromatic N) is 2. The Labute approximate surface area is 371 Å². The molecule has 1 aliphatic rings. The van der Waals surface area contributed by atoms with Crippen LogP contribution in [0, 0.1) is 0 Å². The molecule has 12 rings (SSSR count). The lowest BCUT2D eigenvalue weighted by molar-refractivity contribution is 0.714. The molecule has 296 valence electrons. The topological polar surface area (TPSA) is 25.8 Å². The summed E-state index contributed by atoms with van der Waals surface area (Å²) >= 11 is 1.85. The molecule has 0 spiro atoms. The van der Waals surface area contributed by atoms with Crippen molar-refractivity contribution in [2.75, 3.05) is 0 Å². The molecule has 9 aromatic carbocycles. The molecule has 11 aromatic rings. The third kappa shape index (κ3) is 6.31. The van der Waals surface area contributed by atoms with Gasteiger partial charge >= 0.3 is 0 Å². The van der Waals surface area contributed by atoms with Crippen molar-refractivity contribution in [3.05, 3.63) is 241 Å². The quantitative estimate of drug-likeness (QED) is 0.160. The standard InChI is InChI=1S/C60H40N2S/c1-60(46-21-9-4-10-22-46)53-27-15-13-25-49(53)50-31-29-42(37-54(50)60)55-38-56(62-59(61-55)40-19-7-3-8-20-40)45-34-43(41-30-32-58-52(36-41)51-26-14-16-28-57(51)63-58)33-44(35-45)48-24-12-11-23-47(48)39-17-5-2-6-18-39/h2-38H,1H3. The zero-order chi connectivity index (χ0) is 41.9. The number of hydrogen-bond donors (Lipinski definition) is 0. The summed E-state index contributed by atoms with van der Waals surface area (Å²) in [4.78, 5) is 10.8. The summed E-state index contributed by atoms with van der Waals surface area (Å²) < 4.78 is 2.59. The van der Waals surface area contributed by atoms with Crippen LogP contribution in [0.15, 0.2) is 224 Å². The number of fused-ring (bicyclic) bond motifs is 6. The minimum atomic E-state index is -0.328. The van der Waals surface area contributed by atoms with E-state index in [1.165, 1.54) is 70.2 Å². The van der Waals surface area contributed by atoms with Crippen molar-refractivity contribution in [3.63, 3.8) is 0 Å². The number of benzene rings is 9. The van der Waals surface area contributed by atoms with Gasteiger partial charge in [-0.1, -0.05) is 176 Å². The van der Waals surface area contributed by atoms with Crippen LogP contribution in [0.5, 0.6) is 0 Å². The predicted molar refractivity (Wildman–Crippen MR) is 265 cm³/mol. The molecule has 0 fully saturated rings.